The summed E-state index contributed by atoms with van der Waals surface area (Å²) in [7, 11) is -3.81. The molecular formula is C17H16Cl2N6O2S. The third kappa shape index (κ3) is 4.63. The van der Waals surface area contributed by atoms with Crippen molar-refractivity contribution in [3.05, 3.63) is 64.4 Å². The van der Waals surface area contributed by atoms with E-state index in [1.807, 2.05) is 6.92 Å². The first-order valence-corrected chi connectivity index (χ1v) is 10.2. The van der Waals surface area contributed by atoms with Gasteiger partial charge in [0.1, 0.15) is 12.0 Å². The van der Waals surface area contributed by atoms with Crippen LogP contribution in [-0.2, 0) is 10.0 Å². The maximum atomic E-state index is 12.4. The van der Waals surface area contributed by atoms with Gasteiger partial charge in [0.15, 0.2) is 11.6 Å². The molecule has 0 bridgehead atoms. The number of hydrogen-bond donors (Lipinski definition) is 4. The van der Waals surface area contributed by atoms with Crippen LogP contribution in [0.2, 0.25) is 10.0 Å². The first-order chi connectivity index (χ1) is 13.3. The first-order valence-electron chi connectivity index (χ1n) is 7.93. The maximum Gasteiger partial charge on any atom is 0.257 e. The van der Waals surface area contributed by atoms with Crippen molar-refractivity contribution in [1.29, 1.82) is 0 Å². The largest absolute Gasteiger partial charge is 0.393 e. The van der Waals surface area contributed by atoms with Crippen LogP contribution in [0.5, 0.6) is 0 Å². The highest BCUT2D eigenvalue weighted by molar-refractivity contribution is 7.89. The number of halogens is 2. The predicted octanol–water partition coefficient (Wildman–Crippen LogP) is 3.72. The molecule has 0 saturated carbocycles. The lowest BCUT2D eigenvalue weighted by atomic mass is 10.2. The minimum atomic E-state index is -3.81. The lowest BCUT2D eigenvalue weighted by Crippen LogP contribution is -2.30. The fourth-order valence-corrected chi connectivity index (χ4v) is 3.50. The van der Waals surface area contributed by atoms with Crippen LogP contribution < -0.4 is 21.3 Å². The minimum absolute atomic E-state index is 0.0817. The van der Waals surface area contributed by atoms with E-state index in [1.54, 1.807) is 30.3 Å². The van der Waals surface area contributed by atoms with Gasteiger partial charge in [0.2, 0.25) is 0 Å². The number of hydrazine groups is 1. The fourth-order valence-electron chi connectivity index (χ4n) is 2.21. The normalized spacial score (nSPS) is 11.2. The number of nitrogens with one attached hydrogen (secondary N) is 3. The summed E-state index contributed by atoms with van der Waals surface area (Å²) in [6.45, 7) is 1.87. The Labute approximate surface area is 172 Å². The molecular weight excluding hydrogens is 423 g/mol. The van der Waals surface area contributed by atoms with Crippen molar-refractivity contribution in [2.75, 3.05) is 16.5 Å². The van der Waals surface area contributed by atoms with Crippen molar-refractivity contribution in [3.63, 3.8) is 0 Å². The van der Waals surface area contributed by atoms with Gasteiger partial charge in [0.05, 0.1) is 15.6 Å². The highest BCUT2D eigenvalue weighted by atomic mass is 35.5. The van der Waals surface area contributed by atoms with Crippen LogP contribution in [0.3, 0.4) is 0 Å². The predicted molar refractivity (Wildman–Crippen MR) is 111 cm³/mol. The second-order valence-electron chi connectivity index (χ2n) is 5.78. The molecule has 5 N–H and O–H groups in total. The van der Waals surface area contributed by atoms with Crippen molar-refractivity contribution in [2.45, 2.75) is 11.8 Å². The third-order valence-corrected chi connectivity index (χ3v) is 5.51. The van der Waals surface area contributed by atoms with E-state index in [2.05, 4.69) is 25.5 Å². The molecule has 8 nitrogen and oxygen atoms in total. The number of nitrogens with two attached hydrogens (primary N) is 1. The molecule has 1 aromatic heterocycles. The topological polar surface area (TPSA) is 122 Å². The summed E-state index contributed by atoms with van der Waals surface area (Å²) in [5, 5.41) is 3.82. The molecule has 0 spiro atoms. The first kappa shape index (κ1) is 20.2. The number of aromatic nitrogens is 2. The summed E-state index contributed by atoms with van der Waals surface area (Å²) in [6, 6.07) is 11.3. The average Bonchev–Trinajstić information content (AvgIpc) is 2.65. The van der Waals surface area contributed by atoms with Gasteiger partial charge < -0.3 is 11.1 Å². The average molecular weight is 439 g/mol. The molecule has 0 radical (unpaired) electrons. The molecule has 3 aromatic rings. The summed E-state index contributed by atoms with van der Waals surface area (Å²) in [5.74, 6) is 0.328. The number of aryl methyl sites for hydroxylation is 1. The molecule has 0 aliphatic rings. The summed E-state index contributed by atoms with van der Waals surface area (Å²) >= 11 is 12.0. The van der Waals surface area contributed by atoms with Crippen LogP contribution in [0, 0.1) is 6.92 Å². The van der Waals surface area contributed by atoms with E-state index in [9.17, 15) is 8.42 Å². The molecule has 0 amide bonds. The van der Waals surface area contributed by atoms with Gasteiger partial charge in [0.25, 0.3) is 10.0 Å². The molecule has 3 rings (SSSR count). The van der Waals surface area contributed by atoms with E-state index in [1.165, 1.54) is 18.5 Å². The summed E-state index contributed by atoms with van der Waals surface area (Å²) in [5.41, 5.74) is 10.1. The molecule has 1 heterocycles. The summed E-state index contributed by atoms with van der Waals surface area (Å²) < 4.78 is 24.8. The Morgan fingerprint density at radius 3 is 2.36 bits per heavy atom. The maximum absolute atomic E-state index is 12.4. The van der Waals surface area contributed by atoms with Gasteiger partial charge in [-0.1, -0.05) is 40.9 Å². The van der Waals surface area contributed by atoms with Gasteiger partial charge in [-0.3, -0.25) is 5.43 Å². The molecule has 146 valence electrons. The van der Waals surface area contributed by atoms with E-state index in [0.717, 1.165) is 5.56 Å². The second kappa shape index (κ2) is 8.19. The monoisotopic (exact) mass is 438 g/mol. The van der Waals surface area contributed by atoms with Crippen molar-refractivity contribution >= 4 is 56.2 Å². The Hall–Kier alpha value is -2.59. The van der Waals surface area contributed by atoms with Gasteiger partial charge in [0, 0.05) is 5.02 Å². The number of hydrogen-bond acceptors (Lipinski definition) is 7. The zero-order chi connectivity index (χ0) is 20.3. The molecule has 0 aliphatic heterocycles. The number of rotatable bonds is 6. The number of nitrogens with zero attached hydrogens (tertiary/aromatic N) is 2. The Bertz CT molecular complexity index is 1110. The highest BCUT2D eigenvalue weighted by Gasteiger charge is 2.16. The van der Waals surface area contributed by atoms with Gasteiger partial charge in [-0.25, -0.2) is 18.4 Å². The minimum Gasteiger partial charge on any atom is -0.393 e. The molecule has 0 fully saturated rings. The Balaban J connectivity index is 1.78. The SMILES string of the molecule is Cc1ccc(S(=O)(=O)NNc2ncnc(Nc3ccc(Cl)cc3Cl)c2N)cc1. The van der Waals surface area contributed by atoms with Crippen LogP contribution in [-0.4, -0.2) is 18.4 Å². The lowest BCUT2D eigenvalue weighted by Gasteiger charge is -2.14. The quantitative estimate of drug-likeness (QED) is 0.432. The van der Waals surface area contributed by atoms with E-state index in [4.69, 9.17) is 28.9 Å². The van der Waals surface area contributed by atoms with Crippen molar-refractivity contribution in [2.24, 2.45) is 0 Å². The molecule has 28 heavy (non-hydrogen) atoms. The molecule has 0 atom stereocenters. The third-order valence-electron chi connectivity index (χ3n) is 3.70. The van der Waals surface area contributed by atoms with E-state index in [0.29, 0.717) is 15.7 Å². The summed E-state index contributed by atoms with van der Waals surface area (Å²) in [6.07, 6.45) is 1.23. The molecule has 0 unspecified atom stereocenters. The van der Waals surface area contributed by atoms with Gasteiger partial charge in [-0.05, 0) is 37.3 Å². The number of sulfonamides is 1. The van der Waals surface area contributed by atoms with Gasteiger partial charge >= 0.3 is 0 Å². The van der Waals surface area contributed by atoms with Gasteiger partial charge in [-0.2, -0.15) is 0 Å². The molecule has 0 aliphatic carbocycles. The van der Waals surface area contributed by atoms with Crippen LogP contribution in [0.15, 0.2) is 53.7 Å². The van der Waals surface area contributed by atoms with Crippen molar-refractivity contribution in [1.82, 2.24) is 14.8 Å². The van der Waals surface area contributed by atoms with Crippen LogP contribution in [0.1, 0.15) is 5.56 Å². The fraction of sp³-hybridized carbons (Fsp3) is 0.0588. The Morgan fingerprint density at radius 2 is 1.68 bits per heavy atom. The number of nitrogen functional groups attached to an aromatic ring is 1. The Kier molecular flexibility index (Phi) is 5.90. The van der Waals surface area contributed by atoms with Crippen LogP contribution in [0.25, 0.3) is 0 Å². The highest BCUT2D eigenvalue weighted by Crippen LogP contribution is 2.31. The molecule has 0 saturated heterocycles. The van der Waals surface area contributed by atoms with Crippen LogP contribution >= 0.6 is 23.2 Å². The Morgan fingerprint density at radius 1 is 1.00 bits per heavy atom. The van der Waals surface area contributed by atoms with E-state index >= 15 is 0 Å². The van der Waals surface area contributed by atoms with Crippen LogP contribution in [0.4, 0.5) is 23.0 Å². The zero-order valence-electron chi connectivity index (χ0n) is 14.6. The number of anilines is 4. The summed E-state index contributed by atoms with van der Waals surface area (Å²) in [4.78, 5) is 10.4. The zero-order valence-corrected chi connectivity index (χ0v) is 16.9. The number of benzene rings is 2. The van der Waals surface area contributed by atoms with E-state index in [-0.39, 0.29) is 22.2 Å². The van der Waals surface area contributed by atoms with Crippen molar-refractivity contribution < 1.29 is 8.42 Å². The van der Waals surface area contributed by atoms with Crippen molar-refractivity contribution in [3.8, 4) is 0 Å². The molecule has 11 heteroatoms. The lowest BCUT2D eigenvalue weighted by molar-refractivity contribution is 0.587. The standard InChI is InChI=1S/C17H16Cl2N6O2S/c1-10-2-5-12(6-3-10)28(26,27)25-24-17-15(20)16(21-9-22-17)23-14-7-4-11(18)8-13(14)19/h2-9,25H,20H2,1H3,(H2,21,22,23,24). The van der Waals surface area contributed by atoms with E-state index < -0.39 is 10.0 Å². The smallest absolute Gasteiger partial charge is 0.257 e. The second-order valence-corrected chi connectivity index (χ2v) is 8.30. The van der Waals surface area contributed by atoms with Gasteiger partial charge in [-0.15, -0.1) is 4.83 Å². The molecule has 2 aromatic carbocycles.